The Balaban J connectivity index is 1.07. The van der Waals surface area contributed by atoms with Gasteiger partial charge in [0.2, 0.25) is 0 Å². The molecule has 326 valence electrons. The Morgan fingerprint density at radius 1 is 0.279 bits per heavy atom. The molecule has 0 fully saturated rings. The molecule has 0 atom stereocenters. The van der Waals surface area contributed by atoms with Gasteiger partial charge >= 0.3 is 0 Å². The van der Waals surface area contributed by atoms with E-state index in [4.69, 9.17) is 0 Å². The SMILES string of the molecule is Cc1c2c3cccc4c5c6c(ccc5n(c2c(C)c2c5cccc7c8c9c(ccc8n(c12)c57)c1ccccc1n9-c1ccc(C(C)(C)C)cc1)c34)c1ccccc1n6-c1ccc(C(C)(C)C)cc1. The number of fused-ring (bicyclic) bond motifs is 20. The van der Waals surface area contributed by atoms with E-state index < -0.39 is 0 Å². The first-order valence-electron chi connectivity index (χ1n) is 24.3. The zero-order valence-electron chi connectivity index (χ0n) is 39.8. The Morgan fingerprint density at radius 3 is 1.01 bits per heavy atom. The first-order chi connectivity index (χ1) is 32.9. The van der Waals surface area contributed by atoms with Crippen molar-refractivity contribution in [2.45, 2.75) is 66.2 Å². The summed E-state index contributed by atoms with van der Waals surface area (Å²) in [5.41, 5.74) is 20.6. The van der Waals surface area contributed by atoms with E-state index in [0.717, 1.165) is 0 Å². The highest BCUT2D eigenvalue weighted by molar-refractivity contribution is 6.36. The molecule has 15 rings (SSSR count). The zero-order valence-corrected chi connectivity index (χ0v) is 39.8. The summed E-state index contributed by atoms with van der Waals surface area (Å²) in [6.45, 7) is 18.5. The highest BCUT2D eigenvalue weighted by Gasteiger charge is 2.30. The quantitative estimate of drug-likeness (QED) is 0.165. The highest BCUT2D eigenvalue weighted by atomic mass is 15.0. The molecule has 15 aromatic rings. The number of hydrogen-bond acceptors (Lipinski definition) is 0. The number of aryl methyl sites for hydroxylation is 2. The first kappa shape index (κ1) is 38.3. The molecule has 68 heavy (non-hydrogen) atoms. The van der Waals surface area contributed by atoms with Crippen LogP contribution >= 0.6 is 0 Å². The summed E-state index contributed by atoms with van der Waals surface area (Å²) >= 11 is 0. The Morgan fingerprint density at radius 2 is 0.632 bits per heavy atom. The van der Waals surface area contributed by atoms with Gasteiger partial charge in [0.05, 0.1) is 55.2 Å². The lowest BCUT2D eigenvalue weighted by molar-refractivity contribution is 0.590. The van der Waals surface area contributed by atoms with Gasteiger partial charge in [-0.2, -0.15) is 0 Å². The Kier molecular flexibility index (Phi) is 7.09. The second kappa shape index (κ2) is 12.6. The van der Waals surface area contributed by atoms with E-state index in [1.165, 1.54) is 153 Å². The fourth-order valence-electron chi connectivity index (χ4n) is 13.0. The van der Waals surface area contributed by atoms with Crippen molar-refractivity contribution in [2.24, 2.45) is 0 Å². The van der Waals surface area contributed by atoms with Crippen LogP contribution in [0.15, 0.2) is 158 Å². The second-order valence-corrected chi connectivity index (χ2v) is 21.8. The summed E-state index contributed by atoms with van der Waals surface area (Å²) < 4.78 is 10.3. The summed E-state index contributed by atoms with van der Waals surface area (Å²) in [5.74, 6) is 0. The third-order valence-corrected chi connectivity index (χ3v) is 16.1. The van der Waals surface area contributed by atoms with Gasteiger partial charge in [-0.05, 0) is 95.5 Å². The van der Waals surface area contributed by atoms with Crippen molar-refractivity contribution in [3.05, 3.63) is 180 Å². The van der Waals surface area contributed by atoms with Gasteiger partial charge < -0.3 is 17.9 Å². The van der Waals surface area contributed by atoms with Crippen molar-refractivity contribution >= 4 is 120 Å². The van der Waals surface area contributed by atoms with Crippen LogP contribution in [0.2, 0.25) is 0 Å². The van der Waals surface area contributed by atoms with Crippen LogP contribution in [0.4, 0.5) is 0 Å². The molecular formula is C64H50N4. The van der Waals surface area contributed by atoms with E-state index >= 15 is 0 Å². The fourth-order valence-corrected chi connectivity index (χ4v) is 13.0. The number of rotatable bonds is 2. The number of benzene rings is 9. The first-order valence-corrected chi connectivity index (χ1v) is 24.3. The van der Waals surface area contributed by atoms with Crippen molar-refractivity contribution in [3.8, 4) is 11.4 Å². The molecule has 0 saturated heterocycles. The standard InChI is InChI=1S/C64H50N4/c1-35-53-45-17-13-19-47-56-52(34-32-44-42-16-10-12-22-50(42)66(62(44)56)40-29-25-38(26-30-40)64(6,7)8)68(59(45)47)58(53)36(2)54-46-18-14-20-48-55-51(67(57(35)54)60(46)48)33-31-43-41-15-9-11-21-49(41)65(61(43)55)39-27-23-37(24-28-39)63(3,4)5/h9-34H,1-8H3. The van der Waals surface area contributed by atoms with Gasteiger partial charge in [0.15, 0.2) is 0 Å². The van der Waals surface area contributed by atoms with E-state index in [1.54, 1.807) is 0 Å². The third-order valence-electron chi connectivity index (χ3n) is 16.1. The maximum absolute atomic E-state index is 2.63. The minimum Gasteiger partial charge on any atom is -0.309 e. The molecule has 0 radical (unpaired) electrons. The van der Waals surface area contributed by atoms with Crippen LogP contribution in [-0.4, -0.2) is 17.9 Å². The Bertz CT molecular complexity index is 4360. The molecule has 9 aromatic carbocycles. The summed E-state index contributed by atoms with van der Waals surface area (Å²) in [6.07, 6.45) is 0. The Hall–Kier alpha value is -7.82. The number of aromatic nitrogens is 4. The Labute approximate surface area is 393 Å². The van der Waals surface area contributed by atoms with Crippen molar-refractivity contribution in [3.63, 3.8) is 0 Å². The lowest BCUT2D eigenvalue weighted by Gasteiger charge is -2.19. The molecule has 0 amide bonds. The molecule has 0 aliphatic carbocycles. The van der Waals surface area contributed by atoms with Gasteiger partial charge in [-0.15, -0.1) is 0 Å². The van der Waals surface area contributed by atoms with Gasteiger partial charge in [0.25, 0.3) is 0 Å². The maximum Gasteiger partial charge on any atom is 0.0641 e. The van der Waals surface area contributed by atoms with E-state index in [-0.39, 0.29) is 10.8 Å². The molecule has 0 unspecified atom stereocenters. The average molecular weight is 875 g/mol. The molecule has 0 N–H and O–H groups in total. The lowest BCUT2D eigenvalue weighted by Crippen LogP contribution is -2.10. The molecule has 4 heteroatoms. The number of nitrogens with zero attached hydrogens (tertiary/aromatic N) is 4. The third kappa shape index (κ3) is 4.56. The highest BCUT2D eigenvalue weighted by Crippen LogP contribution is 2.51. The van der Waals surface area contributed by atoms with E-state index in [2.05, 4.69) is 231 Å². The van der Waals surface area contributed by atoms with Gasteiger partial charge in [0.1, 0.15) is 0 Å². The molecule has 0 saturated carbocycles. The minimum atomic E-state index is 0.0747. The second-order valence-electron chi connectivity index (χ2n) is 21.8. The molecular weight excluding hydrogens is 825 g/mol. The van der Waals surface area contributed by atoms with E-state index in [1.807, 2.05) is 0 Å². The van der Waals surface area contributed by atoms with E-state index in [9.17, 15) is 0 Å². The van der Waals surface area contributed by atoms with E-state index in [0.29, 0.717) is 0 Å². The largest absolute Gasteiger partial charge is 0.309 e. The van der Waals surface area contributed by atoms with Crippen molar-refractivity contribution in [2.75, 3.05) is 0 Å². The van der Waals surface area contributed by atoms with Gasteiger partial charge in [-0.3, -0.25) is 0 Å². The minimum absolute atomic E-state index is 0.0747. The summed E-state index contributed by atoms with van der Waals surface area (Å²) in [6, 6.07) is 60.1. The predicted molar refractivity (Wildman–Crippen MR) is 291 cm³/mol. The molecule has 0 bridgehead atoms. The normalized spacial score (nSPS) is 13.3. The summed E-state index contributed by atoms with van der Waals surface area (Å²) in [4.78, 5) is 0. The molecule has 0 spiro atoms. The van der Waals surface area contributed by atoms with Gasteiger partial charge in [-0.25, -0.2) is 0 Å². The van der Waals surface area contributed by atoms with Gasteiger partial charge in [0, 0.05) is 76.0 Å². The van der Waals surface area contributed by atoms with Crippen LogP contribution in [0.5, 0.6) is 0 Å². The smallest absolute Gasteiger partial charge is 0.0641 e. The molecule has 0 aliphatic heterocycles. The maximum atomic E-state index is 2.63. The van der Waals surface area contributed by atoms with Crippen LogP contribution in [0.1, 0.15) is 63.8 Å². The van der Waals surface area contributed by atoms with Crippen molar-refractivity contribution < 1.29 is 0 Å². The zero-order chi connectivity index (χ0) is 45.9. The summed E-state index contributed by atoms with van der Waals surface area (Å²) in [5, 5.41) is 15.7. The fraction of sp³-hybridized carbons (Fsp3) is 0.156. The van der Waals surface area contributed by atoms with Crippen LogP contribution in [0, 0.1) is 13.8 Å². The molecule has 4 nitrogen and oxygen atoms in total. The summed E-state index contributed by atoms with van der Waals surface area (Å²) in [7, 11) is 0. The topological polar surface area (TPSA) is 18.7 Å². The number of hydrogen-bond donors (Lipinski definition) is 0. The van der Waals surface area contributed by atoms with Crippen LogP contribution in [-0.2, 0) is 10.8 Å². The molecule has 0 aliphatic rings. The predicted octanol–water partition coefficient (Wildman–Crippen LogP) is 17.4. The molecule has 6 aromatic heterocycles. The van der Waals surface area contributed by atoms with Crippen LogP contribution < -0.4 is 0 Å². The van der Waals surface area contributed by atoms with Crippen molar-refractivity contribution in [1.29, 1.82) is 0 Å². The monoisotopic (exact) mass is 874 g/mol. The number of para-hydroxylation sites is 4. The average Bonchev–Trinajstić information content (AvgIpc) is 4.18. The van der Waals surface area contributed by atoms with Crippen LogP contribution in [0.3, 0.4) is 0 Å². The van der Waals surface area contributed by atoms with Crippen LogP contribution in [0.25, 0.3) is 131 Å². The molecule has 6 heterocycles. The lowest BCUT2D eigenvalue weighted by atomic mass is 9.87. The van der Waals surface area contributed by atoms with Gasteiger partial charge in [-0.1, -0.05) is 151 Å². The van der Waals surface area contributed by atoms with Crippen molar-refractivity contribution in [1.82, 2.24) is 17.9 Å².